The number of benzene rings is 3. The van der Waals surface area contributed by atoms with Crippen LogP contribution in [0.1, 0.15) is 54.8 Å². The van der Waals surface area contributed by atoms with Gasteiger partial charge in [-0.1, -0.05) is 42.5 Å². The third kappa shape index (κ3) is 6.31. The minimum absolute atomic E-state index is 0.112. The zero-order valence-corrected chi connectivity index (χ0v) is 21.0. The van der Waals surface area contributed by atoms with E-state index in [2.05, 4.69) is 15.1 Å². The molecule has 1 aliphatic rings. The Morgan fingerprint density at radius 1 is 0.919 bits per heavy atom. The van der Waals surface area contributed by atoms with Crippen LogP contribution in [0, 0.1) is 17.6 Å². The Hall–Kier alpha value is -3.38. The molecule has 1 atom stereocenters. The van der Waals surface area contributed by atoms with Gasteiger partial charge in [-0.15, -0.1) is 0 Å². The van der Waals surface area contributed by atoms with Crippen LogP contribution in [-0.4, -0.2) is 34.7 Å². The molecule has 4 nitrogen and oxygen atoms in total. The van der Waals surface area contributed by atoms with Gasteiger partial charge in [-0.25, -0.2) is 13.9 Å². The van der Waals surface area contributed by atoms with E-state index in [9.17, 15) is 13.6 Å². The van der Waals surface area contributed by atoms with Gasteiger partial charge in [0, 0.05) is 17.8 Å². The van der Waals surface area contributed by atoms with E-state index in [4.69, 9.17) is 0 Å². The highest BCUT2D eigenvalue weighted by atomic mass is 19.1. The summed E-state index contributed by atoms with van der Waals surface area (Å²) in [6.07, 6.45) is 6.24. The lowest BCUT2D eigenvalue weighted by Gasteiger charge is -2.33. The lowest BCUT2D eigenvalue weighted by atomic mass is 9.87. The Morgan fingerprint density at radius 3 is 2.24 bits per heavy atom. The van der Waals surface area contributed by atoms with Crippen LogP contribution in [0.3, 0.4) is 0 Å². The molecule has 6 heteroatoms. The molecule has 1 fully saturated rings. The summed E-state index contributed by atoms with van der Waals surface area (Å²) >= 11 is 0. The Labute approximate surface area is 216 Å². The predicted octanol–water partition coefficient (Wildman–Crippen LogP) is 6.46. The van der Waals surface area contributed by atoms with Gasteiger partial charge in [0.15, 0.2) is 0 Å². The first-order valence-electron chi connectivity index (χ1n) is 13.3. The number of aromatic amines is 1. The lowest BCUT2D eigenvalue weighted by molar-refractivity contribution is 0.165. The summed E-state index contributed by atoms with van der Waals surface area (Å²) in [5.41, 5.74) is 2.95. The summed E-state index contributed by atoms with van der Waals surface area (Å²) in [5, 5.41) is 8.66. The minimum Gasteiger partial charge on any atom is -0.303 e. The van der Waals surface area contributed by atoms with Crippen LogP contribution < -0.4 is 5.56 Å². The van der Waals surface area contributed by atoms with Crippen molar-refractivity contribution in [2.45, 2.75) is 44.4 Å². The van der Waals surface area contributed by atoms with Crippen molar-refractivity contribution in [3.05, 3.63) is 112 Å². The molecule has 0 bridgehead atoms. The Bertz CT molecular complexity index is 1320. The molecule has 192 valence electrons. The molecule has 0 aliphatic carbocycles. The maximum Gasteiger partial charge on any atom is 0.272 e. The molecule has 2 heterocycles. The highest BCUT2D eigenvalue weighted by Crippen LogP contribution is 2.30. The monoisotopic (exact) mass is 501 g/mol. The van der Waals surface area contributed by atoms with Gasteiger partial charge in [-0.2, -0.15) is 5.10 Å². The zero-order chi connectivity index (χ0) is 25.6. The highest BCUT2D eigenvalue weighted by molar-refractivity contribution is 5.83. The van der Waals surface area contributed by atoms with Gasteiger partial charge >= 0.3 is 0 Å². The second kappa shape index (κ2) is 11.8. The molecular formula is C31H33F2N3O. The number of fused-ring (bicyclic) bond motifs is 1. The number of piperidine rings is 1. The molecule has 1 aliphatic heterocycles. The largest absolute Gasteiger partial charge is 0.303 e. The molecule has 37 heavy (non-hydrogen) atoms. The smallest absolute Gasteiger partial charge is 0.272 e. The SMILES string of the molecule is O=c1[nH]nc(CCC2CCCN(CCCC(c3ccc(F)cc3)c3ccc(F)cc3)C2)c2ccccc12. The standard InChI is InChI=1S/C31H33F2N3O/c32-25-14-10-23(11-15-25)27(24-12-16-26(33)17-13-24)8-4-20-36-19-3-5-22(21-36)9-18-30-28-6-1-2-7-29(28)31(37)35-34-30/h1-2,6-7,10-17,22,27H,3-5,8-9,18-21H2,(H,35,37). The first kappa shape index (κ1) is 25.3. The molecule has 0 radical (unpaired) electrons. The van der Waals surface area contributed by atoms with Gasteiger partial charge in [-0.3, -0.25) is 4.79 Å². The van der Waals surface area contributed by atoms with Crippen LogP contribution in [0.15, 0.2) is 77.6 Å². The fraction of sp³-hybridized carbons (Fsp3) is 0.355. The number of hydrogen-bond acceptors (Lipinski definition) is 3. The van der Waals surface area contributed by atoms with Crippen molar-refractivity contribution in [3.8, 4) is 0 Å². The van der Waals surface area contributed by atoms with Crippen LogP contribution >= 0.6 is 0 Å². The summed E-state index contributed by atoms with van der Waals surface area (Å²) in [6, 6.07) is 21.1. The van der Waals surface area contributed by atoms with E-state index in [0.29, 0.717) is 11.3 Å². The fourth-order valence-corrected chi connectivity index (χ4v) is 5.73. The summed E-state index contributed by atoms with van der Waals surface area (Å²) in [5.74, 6) is 0.227. The molecular weight excluding hydrogens is 468 g/mol. The molecule has 1 N–H and O–H groups in total. The van der Waals surface area contributed by atoms with Gasteiger partial charge in [0.2, 0.25) is 0 Å². The number of rotatable bonds is 9. The third-order valence-electron chi connectivity index (χ3n) is 7.68. The number of aryl methyl sites for hydroxylation is 1. The third-order valence-corrected chi connectivity index (χ3v) is 7.68. The molecule has 1 saturated heterocycles. The first-order chi connectivity index (χ1) is 18.1. The number of halogens is 2. The fourth-order valence-electron chi connectivity index (χ4n) is 5.73. The maximum atomic E-state index is 13.5. The van der Waals surface area contributed by atoms with Crippen LogP contribution in [0.2, 0.25) is 0 Å². The van der Waals surface area contributed by atoms with Crippen LogP contribution in [-0.2, 0) is 6.42 Å². The lowest BCUT2D eigenvalue weighted by Crippen LogP contribution is -2.36. The topological polar surface area (TPSA) is 49.0 Å². The number of hydrogen-bond donors (Lipinski definition) is 1. The van der Waals surface area contributed by atoms with Gasteiger partial charge in [0.05, 0.1) is 11.1 Å². The Morgan fingerprint density at radius 2 is 1.57 bits per heavy atom. The number of aromatic nitrogens is 2. The Kier molecular flexibility index (Phi) is 8.05. The van der Waals surface area contributed by atoms with E-state index in [0.717, 1.165) is 67.5 Å². The average Bonchev–Trinajstić information content (AvgIpc) is 2.93. The summed E-state index contributed by atoms with van der Waals surface area (Å²) in [7, 11) is 0. The molecule has 0 spiro atoms. The molecule has 3 aromatic carbocycles. The van der Waals surface area contributed by atoms with E-state index in [1.54, 1.807) is 0 Å². The van der Waals surface area contributed by atoms with Gasteiger partial charge in [-0.05, 0) is 99.0 Å². The predicted molar refractivity (Wildman–Crippen MR) is 144 cm³/mol. The van der Waals surface area contributed by atoms with Gasteiger partial charge in [0.25, 0.3) is 5.56 Å². The van der Waals surface area contributed by atoms with E-state index in [1.165, 1.54) is 37.1 Å². The number of nitrogens with zero attached hydrogens (tertiary/aromatic N) is 2. The van der Waals surface area contributed by atoms with Crippen LogP contribution in [0.4, 0.5) is 8.78 Å². The molecule has 1 unspecified atom stereocenters. The number of likely N-dealkylation sites (tertiary alicyclic amines) is 1. The Balaban J connectivity index is 1.18. The van der Waals surface area contributed by atoms with E-state index >= 15 is 0 Å². The molecule has 1 aromatic heterocycles. The van der Waals surface area contributed by atoms with Crippen molar-refractivity contribution in [3.63, 3.8) is 0 Å². The second-order valence-corrected chi connectivity index (χ2v) is 10.2. The molecule has 0 amide bonds. The first-order valence-corrected chi connectivity index (χ1v) is 13.3. The van der Waals surface area contributed by atoms with Crippen molar-refractivity contribution >= 4 is 10.8 Å². The molecule has 5 rings (SSSR count). The minimum atomic E-state index is -0.244. The summed E-state index contributed by atoms with van der Waals surface area (Å²) < 4.78 is 27.1. The van der Waals surface area contributed by atoms with Crippen molar-refractivity contribution in [2.75, 3.05) is 19.6 Å². The van der Waals surface area contributed by atoms with Crippen molar-refractivity contribution in [1.29, 1.82) is 0 Å². The molecule has 0 saturated carbocycles. The van der Waals surface area contributed by atoms with Crippen molar-refractivity contribution < 1.29 is 8.78 Å². The normalized spacial score (nSPS) is 16.5. The van der Waals surface area contributed by atoms with E-state index in [1.807, 2.05) is 48.5 Å². The van der Waals surface area contributed by atoms with E-state index < -0.39 is 0 Å². The number of nitrogens with one attached hydrogen (secondary N) is 1. The molecule has 4 aromatic rings. The summed E-state index contributed by atoms with van der Waals surface area (Å²) in [4.78, 5) is 14.6. The van der Waals surface area contributed by atoms with Gasteiger partial charge < -0.3 is 4.90 Å². The van der Waals surface area contributed by atoms with Crippen molar-refractivity contribution in [2.24, 2.45) is 5.92 Å². The zero-order valence-electron chi connectivity index (χ0n) is 21.0. The second-order valence-electron chi connectivity index (χ2n) is 10.2. The van der Waals surface area contributed by atoms with Gasteiger partial charge in [0.1, 0.15) is 11.6 Å². The van der Waals surface area contributed by atoms with Crippen LogP contribution in [0.5, 0.6) is 0 Å². The van der Waals surface area contributed by atoms with E-state index in [-0.39, 0.29) is 23.1 Å². The maximum absolute atomic E-state index is 13.5. The average molecular weight is 502 g/mol. The van der Waals surface area contributed by atoms with Crippen molar-refractivity contribution in [1.82, 2.24) is 15.1 Å². The quantitative estimate of drug-likeness (QED) is 0.286. The number of H-pyrrole nitrogens is 1. The van der Waals surface area contributed by atoms with Crippen LogP contribution in [0.25, 0.3) is 10.8 Å². The summed E-state index contributed by atoms with van der Waals surface area (Å²) in [6.45, 7) is 3.18. The highest BCUT2D eigenvalue weighted by Gasteiger charge is 2.21.